The summed E-state index contributed by atoms with van der Waals surface area (Å²) in [5.41, 5.74) is 0.153. The van der Waals surface area contributed by atoms with Crippen LogP contribution in [0.1, 0.15) is 38.8 Å². The molecule has 4 nitrogen and oxygen atoms in total. The van der Waals surface area contributed by atoms with E-state index in [2.05, 4.69) is 5.32 Å². The number of amides is 1. The van der Waals surface area contributed by atoms with Gasteiger partial charge in [-0.2, -0.15) is 0 Å². The fourth-order valence-electron chi connectivity index (χ4n) is 2.93. The average Bonchev–Trinajstić information content (AvgIpc) is 2.91. The number of nitrogens with one attached hydrogen (secondary N) is 1. The molecule has 1 aliphatic rings. The standard InChI is InChI=1S/C17H24F2N2O2/c1-17(2,3)23-16(22)21-8-7-12(10-21)15(20-4)11-5-6-13(18)14(19)9-11/h5-6,9,12,15,20H,7-8,10H2,1-4H3. The second-order valence-corrected chi connectivity index (χ2v) is 6.92. The zero-order chi connectivity index (χ0) is 17.2. The lowest BCUT2D eigenvalue weighted by Gasteiger charge is -2.26. The highest BCUT2D eigenvalue weighted by molar-refractivity contribution is 5.68. The number of halogens is 2. The van der Waals surface area contributed by atoms with Crippen LogP contribution in [0.5, 0.6) is 0 Å². The third kappa shape index (κ3) is 4.41. The number of hydrogen-bond donors (Lipinski definition) is 1. The Bertz CT molecular complexity index is 572. The number of carbonyl (C=O) groups excluding carboxylic acids is 1. The molecule has 1 N–H and O–H groups in total. The molecule has 0 radical (unpaired) electrons. The number of benzene rings is 1. The van der Waals surface area contributed by atoms with Gasteiger partial charge in [0.25, 0.3) is 0 Å². The maximum Gasteiger partial charge on any atom is 0.410 e. The number of ether oxygens (including phenoxy) is 1. The summed E-state index contributed by atoms with van der Waals surface area (Å²) in [7, 11) is 1.78. The highest BCUT2D eigenvalue weighted by Crippen LogP contribution is 2.31. The highest BCUT2D eigenvalue weighted by atomic mass is 19.2. The highest BCUT2D eigenvalue weighted by Gasteiger charge is 2.34. The van der Waals surface area contributed by atoms with E-state index in [1.165, 1.54) is 6.07 Å². The molecule has 2 unspecified atom stereocenters. The Balaban J connectivity index is 2.06. The van der Waals surface area contributed by atoms with Crippen molar-refractivity contribution in [2.24, 2.45) is 5.92 Å². The van der Waals surface area contributed by atoms with E-state index in [0.29, 0.717) is 18.7 Å². The van der Waals surface area contributed by atoms with Crippen LogP contribution in [0.15, 0.2) is 18.2 Å². The Labute approximate surface area is 135 Å². The number of nitrogens with zero attached hydrogens (tertiary/aromatic N) is 1. The van der Waals surface area contributed by atoms with Gasteiger partial charge in [0.05, 0.1) is 0 Å². The van der Waals surface area contributed by atoms with Crippen LogP contribution < -0.4 is 5.32 Å². The molecule has 0 bridgehead atoms. The quantitative estimate of drug-likeness (QED) is 0.924. The molecule has 0 spiro atoms. The van der Waals surface area contributed by atoms with E-state index in [1.54, 1.807) is 18.0 Å². The first kappa shape index (κ1) is 17.7. The van der Waals surface area contributed by atoms with Crippen molar-refractivity contribution in [3.63, 3.8) is 0 Å². The van der Waals surface area contributed by atoms with Gasteiger partial charge >= 0.3 is 6.09 Å². The summed E-state index contributed by atoms with van der Waals surface area (Å²) < 4.78 is 32.0. The third-order valence-electron chi connectivity index (χ3n) is 3.96. The van der Waals surface area contributed by atoms with Crippen molar-refractivity contribution in [2.75, 3.05) is 20.1 Å². The number of hydrogen-bond acceptors (Lipinski definition) is 3. The zero-order valence-corrected chi connectivity index (χ0v) is 14.0. The lowest BCUT2D eigenvalue weighted by atomic mass is 9.92. The maximum atomic E-state index is 13.5. The van der Waals surface area contributed by atoms with Gasteiger partial charge < -0.3 is 15.0 Å². The van der Waals surface area contributed by atoms with Gasteiger partial charge in [-0.1, -0.05) is 6.07 Å². The van der Waals surface area contributed by atoms with E-state index in [4.69, 9.17) is 4.74 Å². The van der Waals surface area contributed by atoms with Crippen molar-refractivity contribution in [1.29, 1.82) is 0 Å². The van der Waals surface area contributed by atoms with Crippen LogP contribution in [-0.4, -0.2) is 36.7 Å². The molecule has 1 aromatic carbocycles. The Morgan fingerprint density at radius 1 is 1.35 bits per heavy atom. The van der Waals surface area contributed by atoms with Crippen LogP contribution in [0, 0.1) is 17.6 Å². The van der Waals surface area contributed by atoms with Crippen molar-refractivity contribution >= 4 is 6.09 Å². The number of carbonyl (C=O) groups is 1. The zero-order valence-electron chi connectivity index (χ0n) is 14.0. The molecule has 2 rings (SSSR count). The molecular weight excluding hydrogens is 302 g/mol. The van der Waals surface area contributed by atoms with Gasteiger partial charge in [-0.15, -0.1) is 0 Å². The summed E-state index contributed by atoms with van der Waals surface area (Å²) in [4.78, 5) is 13.8. The van der Waals surface area contributed by atoms with Crippen LogP contribution in [-0.2, 0) is 4.74 Å². The van der Waals surface area contributed by atoms with E-state index < -0.39 is 17.2 Å². The fourth-order valence-corrected chi connectivity index (χ4v) is 2.93. The van der Waals surface area contributed by atoms with Gasteiger partial charge in [-0.3, -0.25) is 0 Å². The first-order valence-electron chi connectivity index (χ1n) is 7.81. The summed E-state index contributed by atoms with van der Waals surface area (Å²) in [5.74, 6) is -1.59. The van der Waals surface area contributed by atoms with Crippen LogP contribution in [0.3, 0.4) is 0 Å². The third-order valence-corrected chi connectivity index (χ3v) is 3.96. The lowest BCUT2D eigenvalue weighted by molar-refractivity contribution is 0.0285. The topological polar surface area (TPSA) is 41.6 Å². The molecule has 1 fully saturated rings. The van der Waals surface area contributed by atoms with Gasteiger partial charge in [0.2, 0.25) is 0 Å². The SMILES string of the molecule is CNC(c1ccc(F)c(F)c1)C1CCN(C(=O)OC(C)(C)C)C1. The normalized spacial score (nSPS) is 19.7. The number of likely N-dealkylation sites (tertiary alicyclic amines) is 1. The second kappa shape index (κ2) is 6.83. The van der Waals surface area contributed by atoms with Crippen LogP contribution >= 0.6 is 0 Å². The summed E-state index contributed by atoms with van der Waals surface area (Å²) in [6.45, 7) is 6.61. The Morgan fingerprint density at radius 2 is 2.04 bits per heavy atom. The van der Waals surface area contributed by atoms with Gasteiger partial charge in [-0.25, -0.2) is 13.6 Å². The molecule has 1 aliphatic heterocycles. The first-order valence-corrected chi connectivity index (χ1v) is 7.81. The van der Waals surface area contributed by atoms with Crippen molar-refractivity contribution < 1.29 is 18.3 Å². The van der Waals surface area contributed by atoms with E-state index in [1.807, 2.05) is 20.8 Å². The Kier molecular flexibility index (Phi) is 5.24. The summed E-state index contributed by atoms with van der Waals surface area (Å²) in [5, 5.41) is 3.15. The average molecular weight is 326 g/mol. The second-order valence-electron chi connectivity index (χ2n) is 6.92. The molecule has 1 aromatic rings. The van der Waals surface area contributed by atoms with E-state index in [-0.39, 0.29) is 18.1 Å². The minimum absolute atomic E-state index is 0.123. The molecule has 6 heteroatoms. The van der Waals surface area contributed by atoms with Gasteiger partial charge in [0, 0.05) is 19.1 Å². The molecule has 2 atom stereocenters. The monoisotopic (exact) mass is 326 g/mol. The predicted octanol–water partition coefficient (Wildman–Crippen LogP) is 3.48. The molecule has 23 heavy (non-hydrogen) atoms. The van der Waals surface area contributed by atoms with E-state index >= 15 is 0 Å². The molecule has 0 aliphatic carbocycles. The predicted molar refractivity (Wildman–Crippen MR) is 84.1 cm³/mol. The summed E-state index contributed by atoms with van der Waals surface area (Å²) in [6.07, 6.45) is 0.448. The van der Waals surface area contributed by atoms with Crippen molar-refractivity contribution in [3.8, 4) is 0 Å². The van der Waals surface area contributed by atoms with Crippen molar-refractivity contribution in [2.45, 2.75) is 38.8 Å². The lowest BCUT2D eigenvalue weighted by Crippen LogP contribution is -2.36. The summed E-state index contributed by atoms with van der Waals surface area (Å²) >= 11 is 0. The molecule has 128 valence electrons. The Hall–Kier alpha value is -1.69. The Morgan fingerprint density at radius 3 is 2.61 bits per heavy atom. The largest absolute Gasteiger partial charge is 0.444 e. The van der Waals surface area contributed by atoms with Crippen molar-refractivity contribution in [1.82, 2.24) is 10.2 Å². The van der Waals surface area contributed by atoms with E-state index in [9.17, 15) is 13.6 Å². The molecule has 0 aromatic heterocycles. The molecule has 1 heterocycles. The van der Waals surface area contributed by atoms with Crippen molar-refractivity contribution in [3.05, 3.63) is 35.4 Å². The van der Waals surface area contributed by atoms with Gasteiger partial charge in [0.15, 0.2) is 11.6 Å². The van der Waals surface area contributed by atoms with Gasteiger partial charge in [0.1, 0.15) is 5.60 Å². The van der Waals surface area contributed by atoms with E-state index in [0.717, 1.165) is 12.5 Å². The molecular formula is C17H24F2N2O2. The molecule has 1 saturated heterocycles. The van der Waals surface area contributed by atoms with Crippen LogP contribution in [0.25, 0.3) is 0 Å². The first-order chi connectivity index (χ1) is 10.7. The minimum atomic E-state index is -0.857. The van der Waals surface area contributed by atoms with Crippen LogP contribution in [0.4, 0.5) is 13.6 Å². The number of rotatable bonds is 3. The molecule has 0 saturated carbocycles. The molecule has 1 amide bonds. The fraction of sp³-hybridized carbons (Fsp3) is 0.588. The summed E-state index contributed by atoms with van der Waals surface area (Å²) in [6, 6.07) is 3.79. The minimum Gasteiger partial charge on any atom is -0.444 e. The smallest absolute Gasteiger partial charge is 0.410 e. The van der Waals surface area contributed by atoms with Gasteiger partial charge in [-0.05, 0) is 57.9 Å². The van der Waals surface area contributed by atoms with Crippen LogP contribution in [0.2, 0.25) is 0 Å². The maximum absolute atomic E-state index is 13.5.